The smallest absolute Gasteiger partial charge is 0.231 e. The standard InChI is InChI=1S/C20H25N3O4/c1-14(27-17-7-5-16(24-3)6-8-17)11-22-20(21-2)23-12-15-4-9-18-19(10-15)26-13-25-18/h4-10,14H,11-13H2,1-3H3,(H2,21,22,23). The van der Waals surface area contributed by atoms with Gasteiger partial charge in [0.05, 0.1) is 13.7 Å². The molecule has 2 aromatic rings. The molecule has 0 saturated heterocycles. The summed E-state index contributed by atoms with van der Waals surface area (Å²) in [6.07, 6.45) is -0.0255. The molecule has 1 heterocycles. The molecule has 0 bridgehead atoms. The summed E-state index contributed by atoms with van der Waals surface area (Å²) < 4.78 is 21.8. The second-order valence-corrected chi connectivity index (χ2v) is 6.10. The predicted octanol–water partition coefficient (Wildman–Crippen LogP) is 2.56. The molecule has 7 nitrogen and oxygen atoms in total. The molecule has 2 N–H and O–H groups in total. The van der Waals surface area contributed by atoms with E-state index in [-0.39, 0.29) is 12.9 Å². The van der Waals surface area contributed by atoms with Crippen LogP contribution in [0, 0.1) is 0 Å². The lowest BCUT2D eigenvalue weighted by molar-refractivity contribution is 0.174. The topological polar surface area (TPSA) is 73.3 Å². The van der Waals surface area contributed by atoms with Crippen LogP contribution in [-0.4, -0.2) is 39.6 Å². The number of methoxy groups -OCH3 is 1. The van der Waals surface area contributed by atoms with Crippen LogP contribution in [0.2, 0.25) is 0 Å². The molecule has 27 heavy (non-hydrogen) atoms. The molecule has 0 aromatic heterocycles. The first-order valence-corrected chi connectivity index (χ1v) is 8.81. The van der Waals surface area contributed by atoms with Gasteiger partial charge in [-0.05, 0) is 48.9 Å². The number of benzene rings is 2. The summed E-state index contributed by atoms with van der Waals surface area (Å²) in [5.74, 6) is 3.87. The Morgan fingerprint density at radius 1 is 1.07 bits per heavy atom. The summed E-state index contributed by atoms with van der Waals surface area (Å²) in [4.78, 5) is 4.24. The minimum atomic E-state index is -0.0255. The highest BCUT2D eigenvalue weighted by Gasteiger charge is 2.13. The quantitative estimate of drug-likeness (QED) is 0.576. The van der Waals surface area contributed by atoms with Gasteiger partial charge in [0.15, 0.2) is 17.5 Å². The average molecular weight is 371 g/mol. The van der Waals surface area contributed by atoms with E-state index >= 15 is 0 Å². The molecule has 0 spiro atoms. The highest BCUT2D eigenvalue weighted by molar-refractivity contribution is 5.79. The minimum Gasteiger partial charge on any atom is -0.497 e. The minimum absolute atomic E-state index is 0.0255. The van der Waals surface area contributed by atoms with Crippen LogP contribution in [0.3, 0.4) is 0 Å². The number of hydrogen-bond donors (Lipinski definition) is 2. The van der Waals surface area contributed by atoms with E-state index in [9.17, 15) is 0 Å². The van der Waals surface area contributed by atoms with Crippen molar-refractivity contribution in [1.82, 2.24) is 10.6 Å². The van der Waals surface area contributed by atoms with Gasteiger partial charge >= 0.3 is 0 Å². The van der Waals surface area contributed by atoms with E-state index in [0.29, 0.717) is 19.0 Å². The molecule has 0 amide bonds. The lowest BCUT2D eigenvalue weighted by Crippen LogP contribution is -2.41. The van der Waals surface area contributed by atoms with Gasteiger partial charge in [0.2, 0.25) is 6.79 Å². The Morgan fingerprint density at radius 2 is 1.81 bits per heavy atom. The third-order valence-electron chi connectivity index (χ3n) is 4.07. The van der Waals surface area contributed by atoms with Crippen molar-refractivity contribution in [1.29, 1.82) is 0 Å². The van der Waals surface area contributed by atoms with Crippen molar-refractivity contribution in [2.75, 3.05) is 27.5 Å². The Morgan fingerprint density at radius 3 is 2.56 bits per heavy atom. The summed E-state index contributed by atoms with van der Waals surface area (Å²) in [6.45, 7) is 3.53. The molecule has 0 radical (unpaired) electrons. The molecule has 7 heteroatoms. The van der Waals surface area contributed by atoms with Gasteiger partial charge in [-0.25, -0.2) is 0 Å². The molecule has 1 unspecified atom stereocenters. The number of fused-ring (bicyclic) bond motifs is 1. The highest BCUT2D eigenvalue weighted by Crippen LogP contribution is 2.32. The second kappa shape index (κ2) is 9.02. The number of ether oxygens (including phenoxy) is 4. The SMILES string of the molecule is CN=C(NCc1ccc2c(c1)OCO2)NCC(C)Oc1ccc(OC)cc1. The average Bonchev–Trinajstić information content (AvgIpc) is 3.16. The van der Waals surface area contributed by atoms with Gasteiger partial charge in [0, 0.05) is 13.6 Å². The van der Waals surface area contributed by atoms with Gasteiger partial charge in [-0.15, -0.1) is 0 Å². The fraction of sp³-hybridized carbons (Fsp3) is 0.350. The van der Waals surface area contributed by atoms with Gasteiger partial charge in [-0.2, -0.15) is 0 Å². The zero-order valence-electron chi connectivity index (χ0n) is 15.8. The normalized spacial score (nSPS) is 13.8. The monoisotopic (exact) mass is 371 g/mol. The molecule has 1 aliphatic heterocycles. The van der Waals surface area contributed by atoms with Gasteiger partial charge < -0.3 is 29.6 Å². The number of guanidine groups is 1. The second-order valence-electron chi connectivity index (χ2n) is 6.10. The number of nitrogens with one attached hydrogen (secondary N) is 2. The molecular weight excluding hydrogens is 346 g/mol. The van der Waals surface area contributed by atoms with Crippen LogP contribution in [-0.2, 0) is 6.54 Å². The maximum absolute atomic E-state index is 5.89. The Kier molecular flexibility index (Phi) is 6.25. The largest absolute Gasteiger partial charge is 0.497 e. The zero-order chi connectivity index (χ0) is 19.1. The zero-order valence-corrected chi connectivity index (χ0v) is 15.8. The number of nitrogens with zero attached hydrogens (tertiary/aromatic N) is 1. The molecule has 0 saturated carbocycles. The van der Waals surface area contributed by atoms with Gasteiger partial charge in [-0.1, -0.05) is 6.07 Å². The van der Waals surface area contributed by atoms with E-state index in [4.69, 9.17) is 18.9 Å². The maximum Gasteiger partial charge on any atom is 0.231 e. The lowest BCUT2D eigenvalue weighted by Gasteiger charge is -2.18. The molecule has 144 valence electrons. The maximum atomic E-state index is 5.89. The Labute approximate surface area is 159 Å². The summed E-state index contributed by atoms with van der Waals surface area (Å²) in [5, 5.41) is 6.55. The summed E-state index contributed by atoms with van der Waals surface area (Å²) >= 11 is 0. The van der Waals surface area contributed by atoms with E-state index in [1.807, 2.05) is 49.4 Å². The van der Waals surface area contributed by atoms with Gasteiger partial charge in [0.25, 0.3) is 0 Å². The van der Waals surface area contributed by atoms with Crippen molar-refractivity contribution >= 4 is 5.96 Å². The summed E-state index contributed by atoms with van der Waals surface area (Å²) in [7, 11) is 3.38. The van der Waals surface area contributed by atoms with Crippen molar-refractivity contribution in [2.45, 2.75) is 19.6 Å². The molecule has 0 fully saturated rings. The van der Waals surface area contributed by atoms with Crippen molar-refractivity contribution in [2.24, 2.45) is 4.99 Å². The first kappa shape index (κ1) is 18.7. The van der Waals surface area contributed by atoms with E-state index in [1.54, 1.807) is 14.2 Å². The van der Waals surface area contributed by atoms with Crippen LogP contribution in [0.4, 0.5) is 0 Å². The fourth-order valence-corrected chi connectivity index (χ4v) is 2.63. The molecule has 3 rings (SSSR count). The van der Waals surface area contributed by atoms with Crippen LogP contribution in [0.25, 0.3) is 0 Å². The van der Waals surface area contributed by atoms with Gasteiger partial charge in [-0.3, -0.25) is 4.99 Å². The first-order chi connectivity index (χ1) is 13.2. The van der Waals surface area contributed by atoms with E-state index in [1.165, 1.54) is 0 Å². The molecule has 1 aliphatic rings. The summed E-state index contributed by atoms with van der Waals surface area (Å²) in [6, 6.07) is 13.4. The van der Waals surface area contributed by atoms with Gasteiger partial charge in [0.1, 0.15) is 17.6 Å². The Bertz CT molecular complexity index is 777. The predicted molar refractivity (Wildman–Crippen MR) is 104 cm³/mol. The fourth-order valence-electron chi connectivity index (χ4n) is 2.63. The molecular formula is C20H25N3O4. The van der Waals surface area contributed by atoms with Crippen LogP contribution >= 0.6 is 0 Å². The number of hydrogen-bond acceptors (Lipinski definition) is 5. The lowest BCUT2D eigenvalue weighted by atomic mass is 10.2. The third-order valence-corrected chi connectivity index (χ3v) is 4.07. The van der Waals surface area contributed by atoms with Crippen molar-refractivity contribution in [3.05, 3.63) is 48.0 Å². The Balaban J connectivity index is 1.44. The van der Waals surface area contributed by atoms with Crippen LogP contribution in [0.15, 0.2) is 47.5 Å². The van der Waals surface area contributed by atoms with E-state index in [0.717, 1.165) is 28.6 Å². The van der Waals surface area contributed by atoms with Crippen molar-refractivity contribution < 1.29 is 18.9 Å². The van der Waals surface area contributed by atoms with Crippen LogP contribution in [0.1, 0.15) is 12.5 Å². The van der Waals surface area contributed by atoms with Crippen molar-refractivity contribution in [3.8, 4) is 23.0 Å². The molecule has 1 atom stereocenters. The third kappa shape index (κ3) is 5.20. The van der Waals surface area contributed by atoms with E-state index in [2.05, 4.69) is 15.6 Å². The number of rotatable bonds is 7. The van der Waals surface area contributed by atoms with E-state index < -0.39 is 0 Å². The van der Waals surface area contributed by atoms with Crippen molar-refractivity contribution in [3.63, 3.8) is 0 Å². The number of aliphatic imine (C=N–C) groups is 1. The Hall–Kier alpha value is -3.09. The molecule has 2 aromatic carbocycles. The van der Waals surface area contributed by atoms with Crippen LogP contribution in [0.5, 0.6) is 23.0 Å². The van der Waals surface area contributed by atoms with Crippen LogP contribution < -0.4 is 29.6 Å². The highest BCUT2D eigenvalue weighted by atomic mass is 16.7. The first-order valence-electron chi connectivity index (χ1n) is 8.81. The molecule has 0 aliphatic carbocycles. The summed E-state index contributed by atoms with van der Waals surface area (Å²) in [5.41, 5.74) is 1.09.